The molecule has 0 saturated heterocycles. The normalized spacial score (nSPS) is 18.7. The predicted molar refractivity (Wildman–Crippen MR) is 110 cm³/mol. The fourth-order valence-electron chi connectivity index (χ4n) is 3.37. The van der Waals surface area contributed by atoms with Gasteiger partial charge in [-0.15, -0.1) is 11.3 Å². The molecule has 0 unspecified atom stereocenters. The first kappa shape index (κ1) is 22.6. The van der Waals surface area contributed by atoms with Crippen LogP contribution in [0, 0.1) is 0 Å². The molecule has 2 atom stereocenters. The predicted octanol–water partition coefficient (Wildman–Crippen LogP) is 6.64. The van der Waals surface area contributed by atoms with Crippen LogP contribution in [0.15, 0.2) is 46.3 Å². The van der Waals surface area contributed by atoms with E-state index in [0.717, 1.165) is 18.2 Å². The Labute approximate surface area is 189 Å². The van der Waals surface area contributed by atoms with Gasteiger partial charge in [0.15, 0.2) is 11.7 Å². The molecule has 1 aromatic carbocycles. The van der Waals surface area contributed by atoms with Crippen molar-refractivity contribution in [1.29, 1.82) is 0 Å². The van der Waals surface area contributed by atoms with Gasteiger partial charge in [-0.1, -0.05) is 12.1 Å². The van der Waals surface area contributed by atoms with E-state index in [1.54, 1.807) is 17.5 Å². The third-order valence-electron chi connectivity index (χ3n) is 4.85. The molecule has 0 aliphatic carbocycles. The first-order valence-corrected chi connectivity index (χ1v) is 10.8. The highest BCUT2D eigenvalue weighted by atomic mass is 79.9. The van der Waals surface area contributed by atoms with E-state index in [1.807, 2.05) is 0 Å². The van der Waals surface area contributed by atoms with Crippen LogP contribution in [0.1, 0.15) is 39.4 Å². The number of thiophene rings is 1. The molecule has 3 aromatic rings. The van der Waals surface area contributed by atoms with E-state index < -0.39 is 35.9 Å². The molecule has 0 fully saturated rings. The maximum atomic E-state index is 13.8. The monoisotopic (exact) mass is 538 g/mol. The summed E-state index contributed by atoms with van der Waals surface area (Å²) in [5.41, 5.74) is -1.53. The molecule has 4 rings (SSSR count). The minimum Gasteiger partial charge on any atom is -0.362 e. The molecule has 0 bridgehead atoms. The number of carbonyl (C=O) groups is 1. The topological polar surface area (TPSA) is 59.0 Å². The number of carbonyl (C=O) groups excluding carboxylic acids is 1. The molecular formula is C19H13BrF6N4OS. The Kier molecular flexibility index (Phi) is 5.74. The van der Waals surface area contributed by atoms with Gasteiger partial charge in [0, 0.05) is 17.0 Å². The number of halogens is 7. The molecule has 2 aromatic heterocycles. The van der Waals surface area contributed by atoms with Gasteiger partial charge < -0.3 is 10.6 Å². The number of amides is 1. The van der Waals surface area contributed by atoms with Gasteiger partial charge >= 0.3 is 12.4 Å². The summed E-state index contributed by atoms with van der Waals surface area (Å²) in [6.07, 6.45) is -9.58. The highest BCUT2D eigenvalue weighted by Gasteiger charge is 2.48. The number of aromatic nitrogens is 2. The van der Waals surface area contributed by atoms with Crippen LogP contribution >= 0.6 is 27.3 Å². The summed E-state index contributed by atoms with van der Waals surface area (Å²) in [6, 6.07) is 4.70. The summed E-state index contributed by atoms with van der Waals surface area (Å²) in [5, 5.41) is 10.8. The summed E-state index contributed by atoms with van der Waals surface area (Å²) < 4.78 is 80.7. The fourth-order valence-corrected chi connectivity index (χ4v) is 4.72. The average Bonchev–Trinajstić information content (AvgIpc) is 3.35. The van der Waals surface area contributed by atoms with E-state index in [4.69, 9.17) is 0 Å². The van der Waals surface area contributed by atoms with Crippen LogP contribution in [-0.2, 0) is 6.18 Å². The van der Waals surface area contributed by atoms with Crippen molar-refractivity contribution in [1.82, 2.24) is 9.78 Å². The molecule has 170 valence electrons. The molecule has 5 nitrogen and oxygen atoms in total. The number of rotatable bonds is 3. The first-order valence-electron chi connectivity index (χ1n) is 9.08. The molecule has 2 N–H and O–H groups in total. The zero-order chi connectivity index (χ0) is 23.3. The summed E-state index contributed by atoms with van der Waals surface area (Å²) >= 11 is 4.43. The highest BCUT2D eigenvalue weighted by molar-refractivity contribution is 9.10. The van der Waals surface area contributed by atoms with Crippen LogP contribution in [0.25, 0.3) is 0 Å². The number of anilines is 2. The lowest BCUT2D eigenvalue weighted by Crippen LogP contribution is -2.35. The van der Waals surface area contributed by atoms with Crippen LogP contribution in [0.2, 0.25) is 0 Å². The van der Waals surface area contributed by atoms with Crippen LogP contribution in [0.4, 0.5) is 37.8 Å². The van der Waals surface area contributed by atoms with E-state index in [1.165, 1.54) is 17.4 Å². The number of nitrogens with zero attached hydrogens (tertiary/aromatic N) is 2. The largest absolute Gasteiger partial charge is 0.416 e. The Morgan fingerprint density at radius 2 is 1.94 bits per heavy atom. The number of alkyl halides is 6. The minimum absolute atomic E-state index is 0.0162. The Morgan fingerprint density at radius 3 is 2.56 bits per heavy atom. The lowest BCUT2D eigenvalue weighted by Gasteiger charge is -2.33. The molecule has 13 heteroatoms. The van der Waals surface area contributed by atoms with Crippen molar-refractivity contribution in [3.05, 3.63) is 62.4 Å². The molecule has 1 aliphatic rings. The molecule has 1 aliphatic heterocycles. The maximum absolute atomic E-state index is 13.8. The van der Waals surface area contributed by atoms with E-state index in [-0.39, 0.29) is 28.1 Å². The lowest BCUT2D eigenvalue weighted by molar-refractivity contribution is -0.173. The molecular weight excluding hydrogens is 526 g/mol. The van der Waals surface area contributed by atoms with Crippen LogP contribution in [0.3, 0.4) is 0 Å². The smallest absolute Gasteiger partial charge is 0.362 e. The third-order valence-corrected chi connectivity index (χ3v) is 6.58. The summed E-state index contributed by atoms with van der Waals surface area (Å²) in [6.45, 7) is 0. The van der Waals surface area contributed by atoms with Gasteiger partial charge in [-0.3, -0.25) is 4.79 Å². The van der Waals surface area contributed by atoms with Gasteiger partial charge in [-0.05, 0) is 45.6 Å². The van der Waals surface area contributed by atoms with Crippen molar-refractivity contribution in [2.75, 3.05) is 10.6 Å². The summed E-state index contributed by atoms with van der Waals surface area (Å²) in [4.78, 5) is 13.4. The van der Waals surface area contributed by atoms with Crippen LogP contribution in [0.5, 0.6) is 0 Å². The minimum atomic E-state index is -4.63. The third kappa shape index (κ3) is 4.35. The van der Waals surface area contributed by atoms with E-state index in [9.17, 15) is 31.1 Å². The molecule has 0 spiro atoms. The SMILES string of the molecule is O=C(Nc1cccc(C(F)(F)F)c1)c1nn2c(c1Br)N[C@H](c1cccs1)C[C@@H]2C(F)(F)F. The number of nitrogens with one attached hydrogen (secondary N) is 2. The van der Waals surface area contributed by atoms with Crippen LogP contribution in [-0.4, -0.2) is 21.9 Å². The Balaban J connectivity index is 1.67. The number of benzene rings is 1. The molecule has 0 radical (unpaired) electrons. The second-order valence-corrected chi connectivity index (χ2v) is 8.77. The van der Waals surface area contributed by atoms with Crippen molar-refractivity contribution in [3.8, 4) is 0 Å². The van der Waals surface area contributed by atoms with Gasteiger partial charge in [0.25, 0.3) is 5.91 Å². The standard InChI is InChI=1S/C19H13BrF6N4OS/c20-14-15(17(31)27-10-4-1-3-9(7-10)18(21,22)23)29-30-13(19(24,25)26)8-11(28-16(14)30)12-5-2-6-32-12/h1-7,11,13,28H,8H2,(H,27,31)/t11-,13+/m0/s1. The van der Waals surface area contributed by atoms with E-state index >= 15 is 0 Å². The zero-order valence-electron chi connectivity index (χ0n) is 15.8. The second kappa shape index (κ2) is 8.10. The van der Waals surface area contributed by atoms with Gasteiger partial charge in [-0.25, -0.2) is 4.68 Å². The Morgan fingerprint density at radius 1 is 1.19 bits per heavy atom. The Hall–Kier alpha value is -2.54. The first-order chi connectivity index (χ1) is 14.9. The van der Waals surface area contributed by atoms with Crippen molar-refractivity contribution in [2.24, 2.45) is 0 Å². The van der Waals surface area contributed by atoms with Gasteiger partial charge in [0.1, 0.15) is 5.82 Å². The van der Waals surface area contributed by atoms with E-state index in [2.05, 4.69) is 31.7 Å². The van der Waals surface area contributed by atoms with Crippen LogP contribution < -0.4 is 10.6 Å². The lowest BCUT2D eigenvalue weighted by atomic mass is 10.0. The average molecular weight is 539 g/mol. The summed E-state index contributed by atoms with van der Waals surface area (Å²) in [7, 11) is 0. The number of hydrogen-bond acceptors (Lipinski definition) is 4. The van der Waals surface area contributed by atoms with Crippen molar-refractivity contribution < 1.29 is 31.1 Å². The number of hydrogen-bond donors (Lipinski definition) is 2. The molecule has 3 heterocycles. The van der Waals surface area contributed by atoms with Crippen molar-refractivity contribution in [2.45, 2.75) is 30.9 Å². The Bertz CT molecular complexity index is 1140. The maximum Gasteiger partial charge on any atom is 0.416 e. The zero-order valence-corrected chi connectivity index (χ0v) is 18.2. The van der Waals surface area contributed by atoms with Gasteiger partial charge in [0.2, 0.25) is 0 Å². The van der Waals surface area contributed by atoms with Gasteiger partial charge in [0.05, 0.1) is 16.1 Å². The quantitative estimate of drug-likeness (QED) is 0.367. The second-order valence-electron chi connectivity index (χ2n) is 6.99. The van der Waals surface area contributed by atoms with Crippen molar-refractivity contribution in [3.63, 3.8) is 0 Å². The molecule has 0 saturated carbocycles. The van der Waals surface area contributed by atoms with Crippen molar-refractivity contribution >= 4 is 44.7 Å². The number of fused-ring (bicyclic) bond motifs is 1. The highest BCUT2D eigenvalue weighted by Crippen LogP contribution is 2.47. The van der Waals surface area contributed by atoms with Gasteiger partial charge in [-0.2, -0.15) is 31.4 Å². The summed E-state index contributed by atoms with van der Waals surface area (Å²) in [5.74, 6) is -0.986. The fraction of sp³-hybridized carbons (Fsp3) is 0.263. The molecule has 32 heavy (non-hydrogen) atoms. The van der Waals surface area contributed by atoms with E-state index in [0.29, 0.717) is 9.56 Å². The molecule has 1 amide bonds.